The number of benzene rings is 2. The molecule has 1 amide bonds. The molecular formula is C16H17ClN2O2. The first-order valence-corrected chi connectivity index (χ1v) is 7.03. The summed E-state index contributed by atoms with van der Waals surface area (Å²) in [5.74, 6) is 0.688. The topological polar surface area (TPSA) is 64.3 Å². The fraction of sp³-hybridized carbons (Fsp3) is 0.188. The normalized spacial score (nSPS) is 10.2. The van der Waals surface area contributed by atoms with Gasteiger partial charge in [0.2, 0.25) is 5.91 Å². The van der Waals surface area contributed by atoms with E-state index in [1.807, 2.05) is 31.2 Å². The molecule has 0 atom stereocenters. The predicted molar refractivity (Wildman–Crippen MR) is 85.8 cm³/mol. The van der Waals surface area contributed by atoms with Crippen LogP contribution in [0.1, 0.15) is 12.5 Å². The lowest BCUT2D eigenvalue weighted by molar-refractivity contribution is -0.115. The van der Waals surface area contributed by atoms with Crippen LogP contribution in [0.3, 0.4) is 0 Å². The zero-order chi connectivity index (χ0) is 15.2. The van der Waals surface area contributed by atoms with E-state index in [-0.39, 0.29) is 12.3 Å². The Kier molecular flexibility index (Phi) is 5.06. The van der Waals surface area contributed by atoms with Gasteiger partial charge < -0.3 is 15.8 Å². The number of anilines is 2. The van der Waals surface area contributed by atoms with Crippen LogP contribution in [0.25, 0.3) is 0 Å². The number of amides is 1. The van der Waals surface area contributed by atoms with Gasteiger partial charge in [0, 0.05) is 5.69 Å². The zero-order valence-electron chi connectivity index (χ0n) is 11.7. The van der Waals surface area contributed by atoms with E-state index < -0.39 is 0 Å². The Morgan fingerprint density at radius 2 is 1.95 bits per heavy atom. The summed E-state index contributed by atoms with van der Waals surface area (Å²) in [5.41, 5.74) is 7.68. The Hall–Kier alpha value is -2.20. The second-order valence-electron chi connectivity index (χ2n) is 4.54. The maximum Gasteiger partial charge on any atom is 0.228 e. The van der Waals surface area contributed by atoms with Gasteiger partial charge in [-0.3, -0.25) is 4.79 Å². The average molecular weight is 305 g/mol. The van der Waals surface area contributed by atoms with E-state index in [1.165, 1.54) is 0 Å². The maximum absolute atomic E-state index is 12.0. The van der Waals surface area contributed by atoms with E-state index in [1.54, 1.807) is 18.2 Å². The summed E-state index contributed by atoms with van der Waals surface area (Å²) in [7, 11) is 0. The molecule has 0 saturated carbocycles. The Balaban J connectivity index is 1.96. The summed E-state index contributed by atoms with van der Waals surface area (Å²) in [6, 6.07) is 12.5. The van der Waals surface area contributed by atoms with Crippen LogP contribution < -0.4 is 15.8 Å². The molecule has 0 unspecified atom stereocenters. The molecular weight excluding hydrogens is 288 g/mol. The lowest BCUT2D eigenvalue weighted by Crippen LogP contribution is -2.14. The highest BCUT2D eigenvalue weighted by Crippen LogP contribution is 2.22. The molecule has 0 heterocycles. The first kappa shape index (κ1) is 15.2. The number of nitrogens with two attached hydrogens (primary N) is 1. The van der Waals surface area contributed by atoms with Gasteiger partial charge in [0.1, 0.15) is 5.75 Å². The van der Waals surface area contributed by atoms with Crippen LogP contribution in [-0.2, 0) is 11.2 Å². The van der Waals surface area contributed by atoms with Gasteiger partial charge in [-0.15, -0.1) is 0 Å². The highest BCUT2D eigenvalue weighted by atomic mass is 35.5. The molecule has 2 aromatic rings. The summed E-state index contributed by atoms with van der Waals surface area (Å²) in [4.78, 5) is 12.0. The number of halogens is 1. The molecule has 110 valence electrons. The highest BCUT2D eigenvalue weighted by molar-refractivity contribution is 6.33. The molecule has 21 heavy (non-hydrogen) atoms. The van der Waals surface area contributed by atoms with Crippen LogP contribution in [0.4, 0.5) is 11.4 Å². The van der Waals surface area contributed by atoms with E-state index in [9.17, 15) is 4.79 Å². The van der Waals surface area contributed by atoms with Crippen molar-refractivity contribution >= 4 is 28.9 Å². The monoisotopic (exact) mass is 304 g/mol. The van der Waals surface area contributed by atoms with Crippen LogP contribution in [0.2, 0.25) is 5.02 Å². The van der Waals surface area contributed by atoms with Crippen molar-refractivity contribution < 1.29 is 9.53 Å². The first-order valence-electron chi connectivity index (χ1n) is 6.65. The molecule has 3 N–H and O–H groups in total. The number of rotatable bonds is 5. The Bertz CT molecular complexity index is 627. The van der Waals surface area contributed by atoms with Crippen molar-refractivity contribution in [1.82, 2.24) is 0 Å². The van der Waals surface area contributed by atoms with Gasteiger partial charge in [0.05, 0.1) is 23.7 Å². The quantitative estimate of drug-likeness (QED) is 0.831. The standard InChI is InChI=1S/C16H17ClN2O2/c1-2-21-13-6-3-11(4-7-13)9-16(20)19-12-5-8-14(17)15(18)10-12/h3-8,10H,2,9,18H2,1H3,(H,19,20). The van der Waals surface area contributed by atoms with Crippen molar-refractivity contribution in [2.24, 2.45) is 0 Å². The minimum atomic E-state index is -0.110. The van der Waals surface area contributed by atoms with Gasteiger partial charge in [-0.25, -0.2) is 0 Å². The molecule has 0 radical (unpaired) electrons. The molecule has 2 rings (SSSR count). The summed E-state index contributed by atoms with van der Waals surface area (Å²) in [6.07, 6.45) is 0.287. The number of nitrogen functional groups attached to an aromatic ring is 1. The molecule has 0 spiro atoms. The molecule has 0 aliphatic rings. The van der Waals surface area contributed by atoms with Crippen LogP contribution in [0, 0.1) is 0 Å². The van der Waals surface area contributed by atoms with Crippen LogP contribution in [-0.4, -0.2) is 12.5 Å². The van der Waals surface area contributed by atoms with Crippen molar-refractivity contribution in [2.75, 3.05) is 17.7 Å². The van der Waals surface area contributed by atoms with Gasteiger partial charge in [0.25, 0.3) is 0 Å². The van der Waals surface area contributed by atoms with Crippen molar-refractivity contribution in [1.29, 1.82) is 0 Å². The van der Waals surface area contributed by atoms with Gasteiger partial charge in [-0.05, 0) is 42.8 Å². The first-order chi connectivity index (χ1) is 10.1. The lowest BCUT2D eigenvalue weighted by Gasteiger charge is -2.08. The van der Waals surface area contributed by atoms with E-state index in [0.29, 0.717) is 23.0 Å². The van der Waals surface area contributed by atoms with Crippen molar-refractivity contribution in [3.8, 4) is 5.75 Å². The number of hydrogen-bond donors (Lipinski definition) is 2. The molecule has 4 nitrogen and oxygen atoms in total. The Morgan fingerprint density at radius 1 is 1.24 bits per heavy atom. The van der Waals surface area contributed by atoms with E-state index >= 15 is 0 Å². The third kappa shape index (κ3) is 4.39. The zero-order valence-corrected chi connectivity index (χ0v) is 12.5. The Morgan fingerprint density at radius 3 is 2.57 bits per heavy atom. The van der Waals surface area contributed by atoms with E-state index in [2.05, 4.69) is 5.32 Å². The molecule has 0 aliphatic heterocycles. The van der Waals surface area contributed by atoms with Gasteiger partial charge >= 0.3 is 0 Å². The maximum atomic E-state index is 12.0. The van der Waals surface area contributed by atoms with Crippen LogP contribution in [0.5, 0.6) is 5.75 Å². The number of ether oxygens (including phenoxy) is 1. The third-order valence-electron chi connectivity index (χ3n) is 2.88. The number of carbonyl (C=O) groups excluding carboxylic acids is 1. The fourth-order valence-corrected chi connectivity index (χ4v) is 2.00. The number of carbonyl (C=O) groups is 1. The average Bonchev–Trinajstić information content (AvgIpc) is 2.45. The number of nitrogens with one attached hydrogen (secondary N) is 1. The molecule has 0 aromatic heterocycles. The molecule has 0 bridgehead atoms. The fourth-order valence-electron chi connectivity index (χ4n) is 1.88. The molecule has 0 saturated heterocycles. The van der Waals surface area contributed by atoms with Crippen molar-refractivity contribution in [2.45, 2.75) is 13.3 Å². The molecule has 0 aliphatic carbocycles. The largest absolute Gasteiger partial charge is 0.494 e. The second kappa shape index (κ2) is 6.99. The smallest absolute Gasteiger partial charge is 0.228 e. The lowest BCUT2D eigenvalue weighted by atomic mass is 10.1. The molecule has 5 heteroatoms. The van der Waals surface area contributed by atoms with Crippen LogP contribution >= 0.6 is 11.6 Å². The Labute approximate surface area is 128 Å². The SMILES string of the molecule is CCOc1ccc(CC(=O)Nc2ccc(Cl)c(N)c2)cc1. The van der Waals surface area contributed by atoms with Crippen LogP contribution in [0.15, 0.2) is 42.5 Å². The molecule has 0 fully saturated rings. The minimum absolute atomic E-state index is 0.110. The predicted octanol–water partition coefficient (Wildman–Crippen LogP) is 3.50. The van der Waals surface area contributed by atoms with E-state index in [4.69, 9.17) is 22.1 Å². The van der Waals surface area contributed by atoms with Crippen molar-refractivity contribution in [3.63, 3.8) is 0 Å². The third-order valence-corrected chi connectivity index (χ3v) is 3.22. The van der Waals surface area contributed by atoms with E-state index in [0.717, 1.165) is 11.3 Å². The second-order valence-corrected chi connectivity index (χ2v) is 4.95. The van der Waals surface area contributed by atoms with Crippen molar-refractivity contribution in [3.05, 3.63) is 53.1 Å². The van der Waals surface area contributed by atoms with Gasteiger partial charge in [0.15, 0.2) is 0 Å². The highest BCUT2D eigenvalue weighted by Gasteiger charge is 2.06. The molecule has 2 aromatic carbocycles. The minimum Gasteiger partial charge on any atom is -0.494 e. The van der Waals surface area contributed by atoms with Gasteiger partial charge in [-0.1, -0.05) is 23.7 Å². The summed E-state index contributed by atoms with van der Waals surface area (Å²) in [6.45, 7) is 2.55. The van der Waals surface area contributed by atoms with Gasteiger partial charge in [-0.2, -0.15) is 0 Å². The summed E-state index contributed by atoms with van der Waals surface area (Å²) in [5, 5.41) is 3.26. The number of hydrogen-bond acceptors (Lipinski definition) is 3. The summed E-state index contributed by atoms with van der Waals surface area (Å²) >= 11 is 5.84. The summed E-state index contributed by atoms with van der Waals surface area (Å²) < 4.78 is 5.36.